The molecular formula is C14H24N4. The van der Waals surface area contributed by atoms with Crippen molar-refractivity contribution in [2.45, 2.75) is 40.5 Å². The maximum atomic E-state index is 7.74. The lowest BCUT2D eigenvalue weighted by atomic mass is 10.1. The molecule has 0 aliphatic carbocycles. The minimum Gasteiger partial charge on any atom is -0.384 e. The zero-order valence-electron chi connectivity index (χ0n) is 11.9. The molecule has 0 amide bonds. The molecule has 0 saturated carbocycles. The van der Waals surface area contributed by atoms with E-state index in [9.17, 15) is 0 Å². The van der Waals surface area contributed by atoms with Gasteiger partial charge in [-0.05, 0) is 38.8 Å². The standard InChI is InChI=1S/C14H24N4/c1-5-7-8-18(6-2)14-12(13(15)16)10(3)9-11(4)17-14/h9H,5-8H2,1-4H3,(H3,15,16). The summed E-state index contributed by atoms with van der Waals surface area (Å²) < 4.78 is 0. The summed E-state index contributed by atoms with van der Waals surface area (Å²) in [5.74, 6) is 0.959. The second-order valence-electron chi connectivity index (χ2n) is 4.63. The highest BCUT2D eigenvalue weighted by Gasteiger charge is 2.16. The van der Waals surface area contributed by atoms with Crippen molar-refractivity contribution in [3.8, 4) is 0 Å². The van der Waals surface area contributed by atoms with E-state index in [4.69, 9.17) is 11.1 Å². The van der Waals surface area contributed by atoms with Crippen LogP contribution in [0.5, 0.6) is 0 Å². The Morgan fingerprint density at radius 1 is 1.39 bits per heavy atom. The van der Waals surface area contributed by atoms with Crippen LogP contribution in [-0.4, -0.2) is 23.9 Å². The number of hydrogen-bond donors (Lipinski definition) is 2. The Morgan fingerprint density at radius 2 is 2.06 bits per heavy atom. The molecule has 0 aromatic carbocycles. The third-order valence-electron chi connectivity index (χ3n) is 3.06. The van der Waals surface area contributed by atoms with Gasteiger partial charge in [0.2, 0.25) is 0 Å². The van der Waals surface area contributed by atoms with E-state index in [0.29, 0.717) is 0 Å². The Balaban J connectivity index is 3.22. The van der Waals surface area contributed by atoms with Gasteiger partial charge in [0.15, 0.2) is 0 Å². The fourth-order valence-corrected chi connectivity index (χ4v) is 2.14. The minimum atomic E-state index is 0.102. The predicted octanol–water partition coefficient (Wildman–Crippen LogP) is 2.61. The number of rotatable bonds is 6. The van der Waals surface area contributed by atoms with E-state index in [1.807, 2.05) is 19.9 Å². The quantitative estimate of drug-likeness (QED) is 0.600. The molecule has 4 heteroatoms. The van der Waals surface area contributed by atoms with Gasteiger partial charge in [-0.15, -0.1) is 0 Å². The lowest BCUT2D eigenvalue weighted by molar-refractivity contribution is 0.722. The third kappa shape index (κ3) is 3.22. The van der Waals surface area contributed by atoms with Crippen LogP contribution < -0.4 is 10.6 Å². The van der Waals surface area contributed by atoms with Crippen molar-refractivity contribution in [3.63, 3.8) is 0 Å². The molecular weight excluding hydrogens is 224 g/mol. The van der Waals surface area contributed by atoms with E-state index in [2.05, 4.69) is 23.7 Å². The van der Waals surface area contributed by atoms with Gasteiger partial charge >= 0.3 is 0 Å². The highest BCUT2D eigenvalue weighted by atomic mass is 15.2. The van der Waals surface area contributed by atoms with Crippen LogP contribution in [0.2, 0.25) is 0 Å². The molecule has 18 heavy (non-hydrogen) atoms. The third-order valence-corrected chi connectivity index (χ3v) is 3.06. The maximum absolute atomic E-state index is 7.74. The summed E-state index contributed by atoms with van der Waals surface area (Å²) in [4.78, 5) is 6.79. The molecule has 3 N–H and O–H groups in total. The Labute approximate surface area is 110 Å². The number of nitrogen functional groups attached to an aromatic ring is 1. The lowest BCUT2D eigenvalue weighted by Crippen LogP contribution is -2.29. The number of aryl methyl sites for hydroxylation is 2. The van der Waals surface area contributed by atoms with Crippen LogP contribution in [0.1, 0.15) is 43.5 Å². The highest BCUT2D eigenvalue weighted by Crippen LogP contribution is 2.22. The molecule has 0 unspecified atom stereocenters. The van der Waals surface area contributed by atoms with Gasteiger partial charge < -0.3 is 10.6 Å². The van der Waals surface area contributed by atoms with Gasteiger partial charge in [0, 0.05) is 18.8 Å². The topological polar surface area (TPSA) is 66.0 Å². The van der Waals surface area contributed by atoms with E-state index in [-0.39, 0.29) is 5.84 Å². The molecule has 0 saturated heterocycles. The summed E-state index contributed by atoms with van der Waals surface area (Å²) in [6.07, 6.45) is 2.27. The normalized spacial score (nSPS) is 10.4. The predicted molar refractivity (Wildman–Crippen MR) is 77.5 cm³/mol. The smallest absolute Gasteiger partial charge is 0.140 e. The van der Waals surface area contributed by atoms with Gasteiger partial charge in [-0.2, -0.15) is 0 Å². The van der Waals surface area contributed by atoms with Gasteiger partial charge in [-0.3, -0.25) is 5.41 Å². The molecule has 0 radical (unpaired) electrons. The fourth-order valence-electron chi connectivity index (χ4n) is 2.14. The summed E-state index contributed by atoms with van der Waals surface area (Å²) in [5, 5.41) is 7.74. The van der Waals surface area contributed by atoms with E-state index in [1.165, 1.54) is 0 Å². The largest absolute Gasteiger partial charge is 0.384 e. The number of pyridine rings is 1. The average Bonchev–Trinajstić information content (AvgIpc) is 2.28. The number of aromatic nitrogens is 1. The van der Waals surface area contributed by atoms with Crippen LogP contribution in [0.3, 0.4) is 0 Å². The van der Waals surface area contributed by atoms with Crippen LogP contribution in [-0.2, 0) is 0 Å². The number of hydrogen-bond acceptors (Lipinski definition) is 3. The van der Waals surface area contributed by atoms with Gasteiger partial charge in [-0.1, -0.05) is 13.3 Å². The Kier molecular flexibility index (Phi) is 5.13. The summed E-state index contributed by atoms with van der Waals surface area (Å²) in [6, 6.07) is 1.98. The van der Waals surface area contributed by atoms with Gasteiger partial charge in [-0.25, -0.2) is 4.98 Å². The summed E-state index contributed by atoms with van der Waals surface area (Å²) in [7, 11) is 0. The molecule has 0 atom stereocenters. The molecule has 1 rings (SSSR count). The molecule has 0 aliphatic rings. The molecule has 1 aromatic rings. The van der Waals surface area contributed by atoms with Crippen molar-refractivity contribution in [1.29, 1.82) is 5.41 Å². The first-order valence-electron chi connectivity index (χ1n) is 6.58. The van der Waals surface area contributed by atoms with E-state index >= 15 is 0 Å². The molecule has 4 nitrogen and oxygen atoms in total. The molecule has 1 heterocycles. The first-order chi connectivity index (χ1) is 8.51. The van der Waals surface area contributed by atoms with Gasteiger partial charge in [0.05, 0.1) is 5.56 Å². The van der Waals surface area contributed by atoms with E-state index in [0.717, 1.165) is 48.6 Å². The fraction of sp³-hybridized carbons (Fsp3) is 0.571. The van der Waals surface area contributed by atoms with Crippen LogP contribution in [0.25, 0.3) is 0 Å². The van der Waals surface area contributed by atoms with Crippen LogP contribution in [0.15, 0.2) is 6.07 Å². The number of anilines is 1. The SMILES string of the molecule is CCCCN(CC)c1nc(C)cc(C)c1C(=N)N. The number of nitrogens with zero attached hydrogens (tertiary/aromatic N) is 2. The molecule has 0 fully saturated rings. The van der Waals surface area contributed by atoms with Crippen molar-refractivity contribution in [3.05, 3.63) is 22.9 Å². The number of unbranched alkanes of at least 4 members (excludes halogenated alkanes) is 1. The van der Waals surface area contributed by atoms with E-state index in [1.54, 1.807) is 0 Å². The Morgan fingerprint density at radius 3 is 2.56 bits per heavy atom. The maximum Gasteiger partial charge on any atom is 0.140 e. The number of nitrogens with two attached hydrogens (primary N) is 1. The second kappa shape index (κ2) is 6.38. The van der Waals surface area contributed by atoms with Crippen molar-refractivity contribution < 1.29 is 0 Å². The van der Waals surface area contributed by atoms with Crippen molar-refractivity contribution in [1.82, 2.24) is 4.98 Å². The number of nitrogens with one attached hydrogen (secondary N) is 1. The van der Waals surface area contributed by atoms with Crippen molar-refractivity contribution in [2.24, 2.45) is 5.73 Å². The molecule has 100 valence electrons. The lowest BCUT2D eigenvalue weighted by Gasteiger charge is -2.25. The van der Waals surface area contributed by atoms with Crippen LogP contribution >= 0.6 is 0 Å². The van der Waals surface area contributed by atoms with Crippen molar-refractivity contribution in [2.75, 3.05) is 18.0 Å². The first kappa shape index (κ1) is 14.5. The zero-order valence-corrected chi connectivity index (χ0v) is 11.9. The Bertz CT molecular complexity index is 426. The van der Waals surface area contributed by atoms with Gasteiger partial charge in [0.1, 0.15) is 11.7 Å². The van der Waals surface area contributed by atoms with Crippen LogP contribution in [0.4, 0.5) is 5.82 Å². The average molecular weight is 248 g/mol. The molecule has 0 bridgehead atoms. The monoisotopic (exact) mass is 248 g/mol. The first-order valence-corrected chi connectivity index (χ1v) is 6.58. The molecule has 1 aromatic heterocycles. The van der Waals surface area contributed by atoms with Crippen molar-refractivity contribution >= 4 is 11.7 Å². The second-order valence-corrected chi connectivity index (χ2v) is 4.63. The zero-order chi connectivity index (χ0) is 13.7. The summed E-state index contributed by atoms with van der Waals surface area (Å²) in [5.41, 5.74) is 8.48. The molecule has 0 spiro atoms. The van der Waals surface area contributed by atoms with Gasteiger partial charge in [0.25, 0.3) is 0 Å². The number of amidine groups is 1. The minimum absolute atomic E-state index is 0.102. The summed E-state index contributed by atoms with van der Waals surface area (Å²) >= 11 is 0. The highest BCUT2D eigenvalue weighted by molar-refractivity contribution is 6.01. The van der Waals surface area contributed by atoms with E-state index < -0.39 is 0 Å². The van der Waals surface area contributed by atoms with Crippen LogP contribution in [0, 0.1) is 19.3 Å². The summed E-state index contributed by atoms with van der Waals surface area (Å²) in [6.45, 7) is 10.1. The Hall–Kier alpha value is -1.58. The molecule has 0 aliphatic heterocycles.